The van der Waals surface area contributed by atoms with E-state index in [1.54, 1.807) is 0 Å². The van der Waals surface area contributed by atoms with Gasteiger partial charge in [0.25, 0.3) is 0 Å². The summed E-state index contributed by atoms with van der Waals surface area (Å²) in [4.78, 5) is 12.2. The monoisotopic (exact) mass is 893 g/mol. The predicted octanol–water partition coefficient (Wildman–Crippen LogP) is 15.5. The number of cyclic esters (lactones) is 1. The van der Waals surface area contributed by atoms with Crippen LogP contribution in [0.3, 0.4) is 0 Å². The fourth-order valence-electron chi connectivity index (χ4n) is 9.16. The Kier molecular flexibility index (Phi) is 28.8. The van der Waals surface area contributed by atoms with E-state index in [1.807, 2.05) is 6.08 Å². The Hall–Kier alpha value is -0.862. The van der Waals surface area contributed by atoms with E-state index in [-0.39, 0.29) is 36.5 Å². The molecule has 0 unspecified atom stereocenters. The highest BCUT2D eigenvalue weighted by Gasteiger charge is 2.35. The summed E-state index contributed by atoms with van der Waals surface area (Å²) >= 11 is 0. The fraction of sp³-hybridized carbons (Fsp3) is 0.816. The van der Waals surface area contributed by atoms with Crippen LogP contribution in [0.2, 0.25) is 72.5 Å². The number of carbonyl (C=O) groups excluding carboxylic acids is 1. The molecule has 10 heteroatoms. The van der Waals surface area contributed by atoms with Gasteiger partial charge in [0.15, 0.2) is 33.3 Å². The third-order valence-electron chi connectivity index (χ3n) is 14.5. The van der Waals surface area contributed by atoms with Crippen molar-refractivity contribution in [2.24, 2.45) is 5.92 Å². The number of hydrogen-bond acceptors (Lipinski definition) is 6. The molecule has 0 aromatic rings. The largest absolute Gasteiger partial charge is 0.462 e. The Balaban J connectivity index is 3.41. The van der Waals surface area contributed by atoms with Crippen LogP contribution >= 0.6 is 0 Å². The number of esters is 1. The van der Waals surface area contributed by atoms with E-state index in [2.05, 4.69) is 133 Å². The molecule has 1 aliphatic heterocycles. The summed E-state index contributed by atoms with van der Waals surface area (Å²) in [5.74, 6) is 0.371. The second kappa shape index (κ2) is 30.3. The topological polar surface area (TPSA) is 63.2 Å². The van der Waals surface area contributed by atoms with Crippen LogP contribution in [0, 0.1) is 5.92 Å². The van der Waals surface area contributed by atoms with Crippen LogP contribution in [0.25, 0.3) is 0 Å². The third-order valence-corrected chi connectivity index (χ3v) is 33.2. The average molecular weight is 894 g/mol. The molecule has 1 rings (SSSR count). The molecule has 1 heterocycles. The van der Waals surface area contributed by atoms with Crippen molar-refractivity contribution in [1.82, 2.24) is 0 Å². The first-order chi connectivity index (χ1) is 28.3. The molecule has 0 aromatic heterocycles. The SMILES string of the molecule is C=CC[C@@H](/C=C/C[C@@H](/C=C/C[C@@H](/C=C/C[C@@H](CCC[C@H]1C[C@H](C)CC(=O)O1)O[Si](CC)(CC)CC)O[Si](CC)(CC)CC)O[Si](CC)(CC)CC)O[Si](CC)(CC)CC. The van der Waals surface area contributed by atoms with E-state index >= 15 is 0 Å². The lowest BCUT2D eigenvalue weighted by atomic mass is 9.94. The summed E-state index contributed by atoms with van der Waals surface area (Å²) in [7, 11) is -7.28. The summed E-state index contributed by atoms with van der Waals surface area (Å²) in [5, 5.41) is 0. The second-order valence-electron chi connectivity index (χ2n) is 17.8. The summed E-state index contributed by atoms with van der Waals surface area (Å²) in [6, 6.07) is 13.6. The number of hydrogen-bond donors (Lipinski definition) is 0. The van der Waals surface area contributed by atoms with E-state index in [0.717, 1.165) is 124 Å². The predicted molar refractivity (Wildman–Crippen MR) is 266 cm³/mol. The van der Waals surface area contributed by atoms with E-state index in [4.69, 9.17) is 22.4 Å². The minimum absolute atomic E-state index is 0.0226. The van der Waals surface area contributed by atoms with Gasteiger partial charge in [-0.2, -0.15) is 0 Å². The van der Waals surface area contributed by atoms with Crippen molar-refractivity contribution in [3.63, 3.8) is 0 Å². The normalized spacial score (nSPS) is 19.4. The van der Waals surface area contributed by atoms with Gasteiger partial charge in [-0.1, -0.05) is 133 Å². The van der Waals surface area contributed by atoms with Crippen LogP contribution in [0.4, 0.5) is 0 Å². The van der Waals surface area contributed by atoms with E-state index in [9.17, 15) is 4.79 Å². The summed E-state index contributed by atoms with van der Waals surface area (Å²) in [5.41, 5.74) is 0. The van der Waals surface area contributed by atoms with Crippen molar-refractivity contribution in [1.29, 1.82) is 0 Å². The van der Waals surface area contributed by atoms with Crippen LogP contribution < -0.4 is 0 Å². The molecule has 1 saturated heterocycles. The van der Waals surface area contributed by atoms with Crippen molar-refractivity contribution >= 4 is 39.2 Å². The first kappa shape index (κ1) is 56.2. The van der Waals surface area contributed by atoms with Crippen molar-refractivity contribution in [2.45, 2.75) is 251 Å². The van der Waals surface area contributed by atoms with Gasteiger partial charge in [-0.25, -0.2) is 0 Å². The first-order valence-corrected chi connectivity index (χ1v) is 34.9. The van der Waals surface area contributed by atoms with Gasteiger partial charge in [0.05, 0.1) is 18.3 Å². The Morgan fingerprint density at radius 3 is 1.29 bits per heavy atom. The highest BCUT2D eigenvalue weighted by Crippen LogP contribution is 2.31. The molecule has 1 aliphatic rings. The Bertz CT molecular complexity index is 1170. The van der Waals surface area contributed by atoms with Gasteiger partial charge in [0.1, 0.15) is 6.10 Å². The Morgan fingerprint density at radius 2 is 0.932 bits per heavy atom. The van der Waals surface area contributed by atoms with Gasteiger partial charge in [-0.3, -0.25) is 4.79 Å². The number of ether oxygens (including phenoxy) is 1. The smallest absolute Gasteiger partial charge is 0.306 e. The van der Waals surface area contributed by atoms with Crippen LogP contribution in [0.15, 0.2) is 49.1 Å². The molecule has 1 fully saturated rings. The maximum atomic E-state index is 12.2. The van der Waals surface area contributed by atoms with Crippen LogP contribution in [0.5, 0.6) is 0 Å². The zero-order valence-corrected chi connectivity index (χ0v) is 45.0. The second-order valence-corrected chi connectivity index (χ2v) is 36.7. The molecule has 0 aliphatic carbocycles. The lowest BCUT2D eigenvalue weighted by Gasteiger charge is -2.34. The summed E-state index contributed by atoms with van der Waals surface area (Å²) in [6.45, 7) is 34.0. The molecule has 344 valence electrons. The molecule has 0 bridgehead atoms. The van der Waals surface area contributed by atoms with Gasteiger partial charge < -0.3 is 22.4 Å². The zero-order valence-electron chi connectivity index (χ0n) is 41.0. The van der Waals surface area contributed by atoms with Gasteiger partial charge in [-0.05, 0) is 130 Å². The summed E-state index contributed by atoms with van der Waals surface area (Å²) in [6.07, 6.45) is 24.3. The molecule has 6 nitrogen and oxygen atoms in total. The average Bonchev–Trinajstić information content (AvgIpc) is 3.25. The molecular formula is C49H96O6Si4. The van der Waals surface area contributed by atoms with E-state index < -0.39 is 33.3 Å². The van der Waals surface area contributed by atoms with Gasteiger partial charge >= 0.3 is 5.97 Å². The van der Waals surface area contributed by atoms with Crippen molar-refractivity contribution in [3.05, 3.63) is 49.1 Å². The minimum atomic E-state index is -1.87. The lowest BCUT2D eigenvalue weighted by Crippen LogP contribution is -2.40. The maximum absolute atomic E-state index is 12.2. The van der Waals surface area contributed by atoms with Crippen LogP contribution in [-0.2, 0) is 27.2 Å². The molecule has 6 atom stereocenters. The van der Waals surface area contributed by atoms with Gasteiger partial charge in [0.2, 0.25) is 0 Å². The highest BCUT2D eigenvalue weighted by atomic mass is 28.4. The fourth-order valence-corrected chi connectivity index (χ4v) is 20.5. The standard InChI is InChI=1S/C49H96O6Si4/c1-15-32-44(52-56(16-2,17-3)18-4)33-28-34-45(53-57(19-5,20-6)21-7)35-29-36-46(54-58(22-8,23-9)24-10)37-30-38-47(55-59(25-11,26-12)27-13)39-31-40-48-41-43(14)42-49(50)51-48/h15,28-30,33,35,37,43-48H,1,16-27,31-32,34,36,38-42H2,2-14H3/b33-28+,35-29+,37-30+/t43-,44-,45-,46-,47-,48-/m0/s1. The van der Waals surface area contributed by atoms with Gasteiger partial charge in [-0.15, -0.1) is 6.58 Å². The molecule has 0 saturated carbocycles. The van der Waals surface area contributed by atoms with Gasteiger partial charge in [0, 0.05) is 12.5 Å². The van der Waals surface area contributed by atoms with Crippen molar-refractivity contribution in [2.75, 3.05) is 0 Å². The molecule has 0 aromatic carbocycles. The molecule has 0 amide bonds. The molecule has 0 N–H and O–H groups in total. The highest BCUT2D eigenvalue weighted by molar-refractivity contribution is 6.74. The first-order valence-electron chi connectivity index (χ1n) is 24.8. The molecule has 59 heavy (non-hydrogen) atoms. The molecular weight excluding hydrogens is 797 g/mol. The van der Waals surface area contributed by atoms with Crippen molar-refractivity contribution in [3.8, 4) is 0 Å². The lowest BCUT2D eigenvalue weighted by molar-refractivity contribution is -0.156. The summed E-state index contributed by atoms with van der Waals surface area (Å²) < 4.78 is 34.2. The minimum Gasteiger partial charge on any atom is -0.462 e. The van der Waals surface area contributed by atoms with E-state index in [1.165, 1.54) is 0 Å². The van der Waals surface area contributed by atoms with Crippen molar-refractivity contribution < 1.29 is 27.2 Å². The quantitative estimate of drug-likeness (QED) is 0.0359. The number of carbonyl (C=O) groups is 1. The van der Waals surface area contributed by atoms with Crippen LogP contribution in [-0.4, -0.2) is 69.8 Å². The maximum Gasteiger partial charge on any atom is 0.306 e. The molecule has 0 spiro atoms. The number of rotatable bonds is 35. The van der Waals surface area contributed by atoms with Crippen LogP contribution in [0.1, 0.15) is 148 Å². The zero-order chi connectivity index (χ0) is 44.4. The third kappa shape index (κ3) is 19.6. The Morgan fingerprint density at radius 1 is 0.576 bits per heavy atom. The molecule has 0 radical (unpaired) electrons. The van der Waals surface area contributed by atoms with E-state index in [0.29, 0.717) is 12.3 Å². The Labute approximate surface area is 370 Å².